The smallest absolute Gasteiger partial charge is 0.458 e. The number of benzene rings is 2. The highest BCUT2D eigenvalue weighted by Crippen LogP contribution is 2.39. The molecule has 1 aliphatic heterocycles. The Hall–Kier alpha value is -3.89. The van der Waals surface area contributed by atoms with Gasteiger partial charge in [-0.25, -0.2) is 0 Å². The fourth-order valence-electron chi connectivity index (χ4n) is 5.64. The van der Waals surface area contributed by atoms with Gasteiger partial charge in [-0.3, -0.25) is 19.2 Å². The number of Topliss-reactive ketones (excluding diaryl/α,β-unsaturated/α-hetero) is 2. The van der Waals surface area contributed by atoms with E-state index in [0.29, 0.717) is 56.5 Å². The third-order valence-corrected chi connectivity index (χ3v) is 8.51. The highest BCUT2D eigenvalue weighted by atomic mass is 35.5. The van der Waals surface area contributed by atoms with Crippen LogP contribution in [0.25, 0.3) is 0 Å². The van der Waals surface area contributed by atoms with Crippen LogP contribution in [-0.2, 0) is 32.0 Å². The molecule has 2 aliphatic rings. The summed E-state index contributed by atoms with van der Waals surface area (Å²) in [4.78, 5) is 46.3. The maximum absolute atomic E-state index is 13.3. The lowest BCUT2D eigenvalue weighted by atomic mass is 10.1. The zero-order chi connectivity index (χ0) is 37.6. The molecular weight excluding hydrogens is 710 g/mol. The molecule has 1 aliphatic carbocycles. The zero-order valence-electron chi connectivity index (χ0n) is 27.7. The summed E-state index contributed by atoms with van der Waals surface area (Å²) in [7, 11) is 0. The second-order valence-corrected chi connectivity index (χ2v) is 12.5. The van der Waals surface area contributed by atoms with Gasteiger partial charge in [0.05, 0.1) is 0 Å². The number of aromatic hydroxyl groups is 1. The van der Waals surface area contributed by atoms with Gasteiger partial charge in [0, 0.05) is 37.1 Å². The van der Waals surface area contributed by atoms with Gasteiger partial charge in [-0.15, -0.1) is 0 Å². The number of phenolic OH excluding ortho intramolecular Hbond substituents is 1. The predicted octanol–water partition coefficient (Wildman–Crippen LogP) is 5.53. The van der Waals surface area contributed by atoms with Crippen LogP contribution in [0, 0.1) is 0 Å². The molecule has 0 bridgehead atoms. The Morgan fingerprint density at radius 3 is 2.04 bits per heavy atom. The van der Waals surface area contributed by atoms with Gasteiger partial charge in [0.2, 0.25) is 5.91 Å². The Kier molecular flexibility index (Phi) is 16.0. The number of alkyl halides is 6. The van der Waals surface area contributed by atoms with Gasteiger partial charge in [-0.2, -0.15) is 26.3 Å². The van der Waals surface area contributed by atoms with E-state index >= 15 is 0 Å². The minimum atomic E-state index is -5.77. The lowest BCUT2D eigenvalue weighted by Crippen LogP contribution is -2.45. The van der Waals surface area contributed by atoms with Crippen molar-refractivity contribution in [2.75, 3.05) is 44.6 Å². The van der Waals surface area contributed by atoms with Crippen LogP contribution in [0.5, 0.6) is 11.5 Å². The molecule has 2 amide bonds. The number of phenols is 1. The van der Waals surface area contributed by atoms with E-state index in [9.17, 15) is 50.6 Å². The van der Waals surface area contributed by atoms with Crippen molar-refractivity contribution >= 4 is 40.7 Å². The molecule has 0 spiro atoms. The summed E-state index contributed by atoms with van der Waals surface area (Å²) in [5, 5.41) is 20.4. The number of carbonyl (C=O) groups excluding carboxylic acids is 4. The van der Waals surface area contributed by atoms with E-state index in [1.165, 1.54) is 31.2 Å². The molecule has 10 nitrogen and oxygen atoms in total. The van der Waals surface area contributed by atoms with Gasteiger partial charge in [-0.1, -0.05) is 55.5 Å². The monoisotopic (exact) mass is 750 g/mol. The van der Waals surface area contributed by atoms with Crippen molar-refractivity contribution in [2.24, 2.45) is 0 Å². The first-order valence-electron chi connectivity index (χ1n) is 16.5. The normalized spacial score (nSPS) is 15.0. The second kappa shape index (κ2) is 19.6. The Bertz CT molecular complexity index is 1460. The van der Waals surface area contributed by atoms with Gasteiger partial charge in [0.1, 0.15) is 11.4 Å². The van der Waals surface area contributed by atoms with E-state index in [1.54, 1.807) is 6.07 Å². The van der Waals surface area contributed by atoms with Gasteiger partial charge >= 0.3 is 23.9 Å². The van der Waals surface area contributed by atoms with Gasteiger partial charge in [0.15, 0.2) is 12.4 Å². The molecule has 4 rings (SSSR count). The summed E-state index contributed by atoms with van der Waals surface area (Å²) in [6.45, 7) is 3.55. The van der Waals surface area contributed by atoms with Crippen molar-refractivity contribution in [3.8, 4) is 11.5 Å². The first-order valence-corrected chi connectivity index (χ1v) is 16.9. The number of hydrogen-bond donors (Lipinski definition) is 4. The highest BCUT2D eigenvalue weighted by Gasteiger charge is 2.54. The SMILES string of the molecule is O=C(C(=O)C(F)(F)F)C(F)(F)F.O=C1COc2c(CCNCCN(C(=O)CCNCCc3ccc(Cl)cc3)C3CCCCCC3)ccc(O)c2N1. The summed E-state index contributed by atoms with van der Waals surface area (Å²) < 4.78 is 72.5. The number of hydrogen-bond acceptors (Lipinski definition) is 8. The molecule has 17 heteroatoms. The van der Waals surface area contributed by atoms with Crippen LogP contribution >= 0.6 is 11.6 Å². The lowest BCUT2D eigenvalue weighted by molar-refractivity contribution is -0.193. The topological polar surface area (TPSA) is 137 Å². The highest BCUT2D eigenvalue weighted by molar-refractivity contribution is 6.41. The second-order valence-electron chi connectivity index (χ2n) is 12.0. The number of fused-ring (bicyclic) bond motifs is 1. The fourth-order valence-corrected chi connectivity index (χ4v) is 5.77. The quantitative estimate of drug-likeness (QED) is 0.0651. The Morgan fingerprint density at radius 2 is 1.43 bits per heavy atom. The third kappa shape index (κ3) is 13.6. The number of halogens is 7. The van der Waals surface area contributed by atoms with Crippen LogP contribution in [0.2, 0.25) is 5.02 Å². The molecule has 0 unspecified atom stereocenters. The first-order chi connectivity index (χ1) is 24.1. The maximum atomic E-state index is 13.3. The van der Waals surface area contributed by atoms with Crippen molar-refractivity contribution in [1.29, 1.82) is 0 Å². The van der Waals surface area contributed by atoms with Crippen LogP contribution in [0.3, 0.4) is 0 Å². The molecule has 1 saturated carbocycles. The summed E-state index contributed by atoms with van der Waals surface area (Å²) >= 11 is 5.96. The number of nitrogens with zero attached hydrogens (tertiary/aromatic N) is 1. The first kappa shape index (κ1) is 41.5. The number of amides is 2. The van der Waals surface area contributed by atoms with Crippen LogP contribution < -0.4 is 20.7 Å². The number of ether oxygens (including phenoxy) is 1. The maximum Gasteiger partial charge on any atom is 0.458 e. The number of ketones is 2. The molecular formula is C34H41ClF6N4O6. The predicted molar refractivity (Wildman–Crippen MR) is 177 cm³/mol. The number of rotatable bonds is 14. The largest absolute Gasteiger partial charge is 0.506 e. The Balaban J connectivity index is 0.000000501. The van der Waals surface area contributed by atoms with Crippen LogP contribution in [0.1, 0.15) is 56.1 Å². The third-order valence-electron chi connectivity index (χ3n) is 8.26. The van der Waals surface area contributed by atoms with Crippen LogP contribution in [0.4, 0.5) is 32.0 Å². The summed E-state index contributed by atoms with van der Waals surface area (Å²) in [5.74, 6) is -6.32. The van der Waals surface area contributed by atoms with Crippen molar-refractivity contribution in [3.05, 3.63) is 52.5 Å². The molecule has 0 saturated heterocycles. The van der Waals surface area contributed by atoms with Crippen molar-refractivity contribution in [2.45, 2.75) is 76.2 Å². The van der Waals surface area contributed by atoms with Gasteiger partial charge in [0.25, 0.3) is 5.91 Å². The summed E-state index contributed by atoms with van der Waals surface area (Å²) in [6.07, 6.45) is -2.41. The van der Waals surface area contributed by atoms with Gasteiger partial charge in [-0.05, 0) is 68.1 Å². The summed E-state index contributed by atoms with van der Waals surface area (Å²) in [5.41, 5.74) is 2.50. The average Bonchev–Trinajstić information content (AvgIpc) is 3.36. The lowest BCUT2D eigenvalue weighted by Gasteiger charge is -2.32. The van der Waals surface area contributed by atoms with Crippen LogP contribution in [-0.4, -0.2) is 91.1 Å². The Labute approximate surface area is 296 Å². The van der Waals surface area contributed by atoms with E-state index in [2.05, 4.69) is 20.9 Å². The minimum absolute atomic E-state index is 0.00628. The Morgan fingerprint density at radius 1 is 0.843 bits per heavy atom. The molecule has 2 aromatic carbocycles. The van der Waals surface area contributed by atoms with Crippen molar-refractivity contribution in [3.63, 3.8) is 0 Å². The number of anilines is 1. The molecule has 282 valence electrons. The van der Waals surface area contributed by atoms with E-state index in [-0.39, 0.29) is 24.2 Å². The standard InChI is InChI=1S/C30H41ClN4O4.C4F6O2/c31-24-10-7-22(8-11-24)13-16-32-18-15-28(38)35(25-5-3-1-2-4-6-25)20-19-33-17-14-23-9-12-26(36)29-30(23)39-21-27(37)34-29;5-3(6,7)1(11)2(12)4(8,9)10/h7-12,25,32-33,36H,1-6,13-21H2,(H,34,37);. The fraction of sp³-hybridized carbons (Fsp3) is 0.529. The van der Waals surface area contributed by atoms with E-state index < -0.39 is 23.9 Å². The van der Waals surface area contributed by atoms with Gasteiger partial charge < -0.3 is 30.7 Å². The molecule has 1 fully saturated rings. The minimum Gasteiger partial charge on any atom is -0.506 e. The average molecular weight is 751 g/mol. The molecule has 4 N–H and O–H groups in total. The van der Waals surface area contributed by atoms with E-state index in [4.69, 9.17) is 16.3 Å². The van der Waals surface area contributed by atoms with Crippen molar-refractivity contribution < 1.29 is 55.4 Å². The molecule has 1 heterocycles. The number of nitrogens with one attached hydrogen (secondary N) is 3. The van der Waals surface area contributed by atoms with Crippen molar-refractivity contribution in [1.82, 2.24) is 15.5 Å². The molecule has 0 radical (unpaired) electrons. The molecule has 51 heavy (non-hydrogen) atoms. The van der Waals surface area contributed by atoms with Crippen LogP contribution in [0.15, 0.2) is 36.4 Å². The van der Waals surface area contributed by atoms with E-state index in [0.717, 1.165) is 36.4 Å². The summed E-state index contributed by atoms with van der Waals surface area (Å²) in [6, 6.07) is 11.6. The zero-order valence-corrected chi connectivity index (χ0v) is 28.5. The number of carbonyl (C=O) groups is 4. The molecule has 0 atom stereocenters. The molecule has 0 aromatic heterocycles. The molecule has 2 aromatic rings. The van der Waals surface area contributed by atoms with E-state index in [1.807, 2.05) is 30.3 Å².